The van der Waals surface area contributed by atoms with Crippen molar-refractivity contribution in [3.63, 3.8) is 0 Å². The minimum absolute atomic E-state index is 0.00972. The molecule has 0 aliphatic carbocycles. The average molecular weight is 273 g/mol. The van der Waals surface area contributed by atoms with Crippen molar-refractivity contribution in [2.75, 3.05) is 6.61 Å². The number of ether oxygens (including phenoxy) is 1. The summed E-state index contributed by atoms with van der Waals surface area (Å²) in [7, 11) is 0. The number of benzene rings is 1. The summed E-state index contributed by atoms with van der Waals surface area (Å²) in [4.78, 5) is 12.1. The molecule has 0 spiro atoms. The molecule has 2 aromatic rings. The van der Waals surface area contributed by atoms with Gasteiger partial charge in [-0.25, -0.2) is 0 Å². The van der Waals surface area contributed by atoms with E-state index in [2.05, 4.69) is 32.0 Å². The molecule has 0 radical (unpaired) electrons. The lowest BCUT2D eigenvalue weighted by atomic mass is 10.1. The molecule has 0 saturated heterocycles. The van der Waals surface area contributed by atoms with Crippen molar-refractivity contribution in [2.24, 2.45) is 0 Å². The largest absolute Gasteiger partial charge is 0.478 e. The van der Waals surface area contributed by atoms with Crippen molar-refractivity contribution in [1.82, 2.24) is 4.57 Å². The van der Waals surface area contributed by atoms with Gasteiger partial charge in [0.25, 0.3) is 0 Å². The van der Waals surface area contributed by atoms with Gasteiger partial charge in [0.15, 0.2) is 0 Å². The Labute approximate surface area is 120 Å². The molecule has 0 bridgehead atoms. The molecule has 0 aliphatic heterocycles. The Balaban J connectivity index is 2.64. The monoisotopic (exact) mass is 273 g/mol. The van der Waals surface area contributed by atoms with E-state index in [1.807, 2.05) is 6.92 Å². The number of aromatic nitrogens is 1. The summed E-state index contributed by atoms with van der Waals surface area (Å²) in [5.41, 5.74) is 3.25. The van der Waals surface area contributed by atoms with E-state index < -0.39 is 0 Å². The second-order valence-electron chi connectivity index (χ2n) is 5.15. The molecule has 108 valence electrons. The molecule has 1 aromatic heterocycles. The van der Waals surface area contributed by atoms with Crippen LogP contribution in [0.2, 0.25) is 0 Å². The molecule has 1 heterocycles. The highest BCUT2D eigenvalue weighted by molar-refractivity contribution is 5.98. The van der Waals surface area contributed by atoms with Crippen molar-refractivity contribution in [3.05, 3.63) is 29.3 Å². The minimum Gasteiger partial charge on any atom is -0.478 e. The van der Waals surface area contributed by atoms with Crippen LogP contribution >= 0.6 is 0 Å². The topological polar surface area (TPSA) is 31.2 Å². The fraction of sp³-hybridized carbons (Fsp3) is 0.471. The number of unbranched alkanes of at least 4 members (excludes halogenated alkanes) is 1. The van der Waals surface area contributed by atoms with E-state index in [4.69, 9.17) is 4.74 Å². The number of fused-ring (bicyclic) bond motifs is 1. The predicted molar refractivity (Wildman–Crippen MR) is 82.8 cm³/mol. The van der Waals surface area contributed by atoms with Crippen LogP contribution in [0.4, 0.5) is 0 Å². The summed E-state index contributed by atoms with van der Waals surface area (Å²) >= 11 is 0. The third-order valence-electron chi connectivity index (χ3n) is 3.70. The number of carbonyl (C=O) groups excluding carboxylic acids is 1. The molecular weight excluding hydrogens is 250 g/mol. The van der Waals surface area contributed by atoms with Gasteiger partial charge in [-0.2, -0.15) is 0 Å². The maximum absolute atomic E-state index is 12.1. The molecule has 0 fully saturated rings. The van der Waals surface area contributed by atoms with Crippen LogP contribution < -0.4 is 4.74 Å². The van der Waals surface area contributed by atoms with E-state index in [-0.39, 0.29) is 5.91 Å². The average Bonchev–Trinajstić information content (AvgIpc) is 2.72. The Morgan fingerprint density at radius 1 is 1.30 bits per heavy atom. The van der Waals surface area contributed by atoms with Gasteiger partial charge in [-0.1, -0.05) is 38.5 Å². The summed E-state index contributed by atoms with van der Waals surface area (Å²) in [6.07, 6.45) is 2.99. The van der Waals surface area contributed by atoms with Crippen LogP contribution in [0.25, 0.3) is 10.9 Å². The molecule has 0 atom stereocenters. The van der Waals surface area contributed by atoms with Gasteiger partial charge in [-0.05, 0) is 25.3 Å². The van der Waals surface area contributed by atoms with Crippen LogP contribution in [0.3, 0.4) is 0 Å². The molecule has 20 heavy (non-hydrogen) atoms. The second kappa shape index (κ2) is 6.12. The van der Waals surface area contributed by atoms with Crippen LogP contribution in [0.15, 0.2) is 18.2 Å². The number of hydrogen-bond donors (Lipinski definition) is 0. The van der Waals surface area contributed by atoms with Crippen molar-refractivity contribution in [2.45, 2.75) is 47.0 Å². The summed E-state index contributed by atoms with van der Waals surface area (Å²) in [5.74, 6) is 0.720. The molecular formula is C17H23NO2. The van der Waals surface area contributed by atoms with E-state index in [0.717, 1.165) is 35.7 Å². The van der Waals surface area contributed by atoms with Gasteiger partial charge in [-0.3, -0.25) is 9.36 Å². The first-order valence-corrected chi connectivity index (χ1v) is 7.38. The fourth-order valence-corrected chi connectivity index (χ4v) is 2.61. The Morgan fingerprint density at radius 2 is 2.05 bits per heavy atom. The van der Waals surface area contributed by atoms with Crippen molar-refractivity contribution >= 4 is 16.8 Å². The van der Waals surface area contributed by atoms with E-state index >= 15 is 0 Å². The first kappa shape index (κ1) is 14.6. The third-order valence-corrected chi connectivity index (χ3v) is 3.70. The number of para-hydroxylation sites is 1. The predicted octanol–water partition coefficient (Wildman–Crippen LogP) is 4.35. The minimum atomic E-state index is 0.00972. The fourth-order valence-electron chi connectivity index (χ4n) is 2.61. The SMILES string of the molecule is CCCCOc1c(C)c2cccc(CC)c2n1C(C)=O. The molecule has 0 unspecified atom stereocenters. The Hall–Kier alpha value is -1.77. The van der Waals surface area contributed by atoms with Crippen LogP contribution in [0, 0.1) is 6.92 Å². The standard InChI is InChI=1S/C17H23NO2/c1-5-7-11-20-17-12(3)15-10-8-9-14(6-2)16(15)18(17)13(4)19/h8-10H,5-7,11H2,1-4H3. The van der Waals surface area contributed by atoms with Crippen LogP contribution in [0.5, 0.6) is 5.88 Å². The number of aryl methyl sites for hydroxylation is 2. The van der Waals surface area contributed by atoms with Gasteiger partial charge in [-0.15, -0.1) is 0 Å². The molecule has 0 amide bonds. The van der Waals surface area contributed by atoms with Crippen LogP contribution in [0.1, 0.15) is 49.5 Å². The quantitative estimate of drug-likeness (QED) is 0.758. The zero-order chi connectivity index (χ0) is 14.7. The van der Waals surface area contributed by atoms with Crippen molar-refractivity contribution in [3.8, 4) is 5.88 Å². The number of carbonyl (C=O) groups is 1. The van der Waals surface area contributed by atoms with E-state index in [9.17, 15) is 4.79 Å². The molecule has 0 saturated carbocycles. The zero-order valence-electron chi connectivity index (χ0n) is 12.8. The highest BCUT2D eigenvalue weighted by atomic mass is 16.5. The summed E-state index contributed by atoms with van der Waals surface area (Å²) in [5, 5.41) is 1.12. The lowest BCUT2D eigenvalue weighted by Gasteiger charge is -2.10. The molecule has 0 N–H and O–H groups in total. The normalized spacial score (nSPS) is 11.0. The summed E-state index contributed by atoms with van der Waals surface area (Å²) in [6.45, 7) is 8.52. The summed E-state index contributed by atoms with van der Waals surface area (Å²) in [6, 6.07) is 6.20. The number of hydrogen-bond acceptors (Lipinski definition) is 2. The number of nitrogens with zero attached hydrogens (tertiary/aromatic N) is 1. The first-order valence-electron chi connectivity index (χ1n) is 7.38. The third kappa shape index (κ3) is 2.45. The molecule has 3 nitrogen and oxygen atoms in total. The van der Waals surface area contributed by atoms with E-state index in [1.54, 1.807) is 11.5 Å². The maximum Gasteiger partial charge on any atom is 0.230 e. The molecule has 0 aliphatic rings. The van der Waals surface area contributed by atoms with Gasteiger partial charge in [0.2, 0.25) is 11.8 Å². The molecule has 3 heteroatoms. The van der Waals surface area contributed by atoms with Gasteiger partial charge in [0.05, 0.1) is 12.1 Å². The Bertz CT molecular complexity index is 625. The lowest BCUT2D eigenvalue weighted by Crippen LogP contribution is -2.11. The highest BCUT2D eigenvalue weighted by Gasteiger charge is 2.19. The van der Waals surface area contributed by atoms with Gasteiger partial charge in [0.1, 0.15) is 0 Å². The summed E-state index contributed by atoms with van der Waals surface area (Å²) < 4.78 is 7.63. The van der Waals surface area contributed by atoms with Crippen LogP contribution in [-0.4, -0.2) is 17.1 Å². The van der Waals surface area contributed by atoms with Gasteiger partial charge in [0, 0.05) is 17.9 Å². The van der Waals surface area contributed by atoms with Gasteiger partial charge >= 0.3 is 0 Å². The maximum atomic E-state index is 12.1. The lowest BCUT2D eigenvalue weighted by molar-refractivity contribution is 0.0928. The van der Waals surface area contributed by atoms with Crippen molar-refractivity contribution < 1.29 is 9.53 Å². The highest BCUT2D eigenvalue weighted by Crippen LogP contribution is 2.33. The van der Waals surface area contributed by atoms with Crippen molar-refractivity contribution in [1.29, 1.82) is 0 Å². The number of rotatable bonds is 5. The Kier molecular flexibility index (Phi) is 4.48. The zero-order valence-corrected chi connectivity index (χ0v) is 12.8. The molecule has 2 rings (SSSR count). The smallest absolute Gasteiger partial charge is 0.230 e. The van der Waals surface area contributed by atoms with Gasteiger partial charge < -0.3 is 4.74 Å². The first-order chi connectivity index (χ1) is 9.61. The second-order valence-corrected chi connectivity index (χ2v) is 5.15. The Morgan fingerprint density at radius 3 is 2.65 bits per heavy atom. The molecule has 1 aromatic carbocycles. The van der Waals surface area contributed by atoms with E-state index in [1.165, 1.54) is 5.56 Å². The van der Waals surface area contributed by atoms with Crippen LogP contribution in [-0.2, 0) is 6.42 Å². The van der Waals surface area contributed by atoms with E-state index in [0.29, 0.717) is 12.5 Å².